The summed E-state index contributed by atoms with van der Waals surface area (Å²) in [6.07, 6.45) is 0. The van der Waals surface area contributed by atoms with Gasteiger partial charge in [-0.1, -0.05) is 12.1 Å². The summed E-state index contributed by atoms with van der Waals surface area (Å²) in [6, 6.07) is 10.9. The topological polar surface area (TPSA) is 59.6 Å². The molecule has 2 N–H and O–H groups in total. The number of carbonyl (C=O) groups excluding carboxylic acids is 1. The van der Waals surface area contributed by atoms with Crippen LogP contribution in [0.25, 0.3) is 0 Å². The number of carbonyl (C=O) groups is 1. The SMILES string of the molecule is COc1ccc(NC(C)C(=O)NCc2ccc(F)cc2)c(OC)c1. The summed E-state index contributed by atoms with van der Waals surface area (Å²) < 4.78 is 23.3. The number of ether oxygens (including phenoxy) is 2. The van der Waals surface area contributed by atoms with Gasteiger partial charge in [0.25, 0.3) is 0 Å². The molecule has 1 amide bonds. The van der Waals surface area contributed by atoms with Crippen LogP contribution in [0.2, 0.25) is 0 Å². The Morgan fingerprint density at radius 1 is 1.12 bits per heavy atom. The molecule has 0 bridgehead atoms. The van der Waals surface area contributed by atoms with Crippen LogP contribution in [0.4, 0.5) is 10.1 Å². The van der Waals surface area contributed by atoms with E-state index in [1.54, 1.807) is 51.5 Å². The molecule has 2 aromatic rings. The molecule has 0 spiro atoms. The van der Waals surface area contributed by atoms with Crippen LogP contribution in [0.15, 0.2) is 42.5 Å². The molecule has 128 valence electrons. The number of rotatable bonds is 7. The number of benzene rings is 2. The van der Waals surface area contributed by atoms with Gasteiger partial charge in [-0.3, -0.25) is 4.79 Å². The number of amides is 1. The van der Waals surface area contributed by atoms with Crippen LogP contribution in [-0.2, 0) is 11.3 Å². The van der Waals surface area contributed by atoms with Crippen LogP contribution < -0.4 is 20.1 Å². The van der Waals surface area contributed by atoms with Gasteiger partial charge in [-0.05, 0) is 36.8 Å². The van der Waals surface area contributed by atoms with Crippen molar-refractivity contribution >= 4 is 11.6 Å². The van der Waals surface area contributed by atoms with E-state index in [0.717, 1.165) is 5.56 Å². The number of halogens is 1. The summed E-state index contributed by atoms with van der Waals surface area (Å²) in [5.74, 6) is 0.794. The molecule has 0 saturated carbocycles. The molecule has 0 aliphatic rings. The first kappa shape index (κ1) is 17.6. The third-order valence-corrected chi connectivity index (χ3v) is 3.55. The first-order valence-electron chi connectivity index (χ1n) is 7.54. The van der Waals surface area contributed by atoms with Crippen molar-refractivity contribution in [3.63, 3.8) is 0 Å². The summed E-state index contributed by atoms with van der Waals surface area (Å²) in [5.41, 5.74) is 1.53. The fraction of sp³-hybridized carbons (Fsp3) is 0.278. The van der Waals surface area contributed by atoms with Crippen LogP contribution in [0.5, 0.6) is 11.5 Å². The fourth-order valence-electron chi connectivity index (χ4n) is 2.16. The van der Waals surface area contributed by atoms with Gasteiger partial charge in [-0.2, -0.15) is 0 Å². The molecule has 0 saturated heterocycles. The molecule has 0 aliphatic heterocycles. The lowest BCUT2D eigenvalue weighted by molar-refractivity contribution is -0.121. The smallest absolute Gasteiger partial charge is 0.242 e. The maximum Gasteiger partial charge on any atom is 0.242 e. The number of nitrogens with one attached hydrogen (secondary N) is 2. The molecule has 1 atom stereocenters. The lowest BCUT2D eigenvalue weighted by Crippen LogP contribution is -2.37. The third-order valence-electron chi connectivity index (χ3n) is 3.55. The molecule has 5 nitrogen and oxygen atoms in total. The highest BCUT2D eigenvalue weighted by molar-refractivity contribution is 5.84. The Morgan fingerprint density at radius 3 is 2.46 bits per heavy atom. The highest BCUT2D eigenvalue weighted by Crippen LogP contribution is 2.29. The predicted molar refractivity (Wildman–Crippen MR) is 90.9 cm³/mol. The van der Waals surface area contributed by atoms with Gasteiger partial charge in [0.2, 0.25) is 5.91 Å². The van der Waals surface area contributed by atoms with Crippen molar-refractivity contribution in [2.45, 2.75) is 19.5 Å². The zero-order chi connectivity index (χ0) is 17.5. The fourth-order valence-corrected chi connectivity index (χ4v) is 2.16. The van der Waals surface area contributed by atoms with Gasteiger partial charge < -0.3 is 20.1 Å². The highest BCUT2D eigenvalue weighted by Gasteiger charge is 2.15. The highest BCUT2D eigenvalue weighted by atomic mass is 19.1. The Kier molecular flexibility index (Phi) is 6.01. The van der Waals surface area contributed by atoms with E-state index in [4.69, 9.17) is 9.47 Å². The van der Waals surface area contributed by atoms with Crippen molar-refractivity contribution in [2.24, 2.45) is 0 Å². The molecule has 2 rings (SSSR count). The zero-order valence-electron chi connectivity index (χ0n) is 13.9. The second kappa shape index (κ2) is 8.19. The molecule has 0 fully saturated rings. The predicted octanol–water partition coefficient (Wildman–Crippen LogP) is 2.96. The van der Waals surface area contributed by atoms with Crippen molar-refractivity contribution in [2.75, 3.05) is 19.5 Å². The van der Waals surface area contributed by atoms with Crippen molar-refractivity contribution in [1.82, 2.24) is 5.32 Å². The van der Waals surface area contributed by atoms with Crippen LogP contribution in [-0.4, -0.2) is 26.2 Å². The van der Waals surface area contributed by atoms with Crippen molar-refractivity contribution in [3.05, 3.63) is 53.8 Å². The monoisotopic (exact) mass is 332 g/mol. The average Bonchev–Trinajstić information content (AvgIpc) is 2.61. The summed E-state index contributed by atoms with van der Waals surface area (Å²) in [4.78, 5) is 12.2. The van der Waals surface area contributed by atoms with E-state index in [2.05, 4.69) is 10.6 Å². The molecule has 0 heterocycles. The van der Waals surface area contributed by atoms with Crippen molar-refractivity contribution in [3.8, 4) is 11.5 Å². The Hall–Kier alpha value is -2.76. The first-order valence-corrected chi connectivity index (χ1v) is 7.54. The molecule has 0 aliphatic carbocycles. The molecule has 1 unspecified atom stereocenters. The minimum atomic E-state index is -0.465. The van der Waals surface area contributed by atoms with Gasteiger partial charge >= 0.3 is 0 Å². The van der Waals surface area contributed by atoms with Crippen LogP contribution >= 0.6 is 0 Å². The van der Waals surface area contributed by atoms with E-state index in [-0.39, 0.29) is 11.7 Å². The Labute approximate surface area is 140 Å². The second-order valence-corrected chi connectivity index (χ2v) is 5.28. The van der Waals surface area contributed by atoms with Crippen molar-refractivity contribution < 1.29 is 18.7 Å². The van der Waals surface area contributed by atoms with Gasteiger partial charge in [-0.25, -0.2) is 4.39 Å². The lowest BCUT2D eigenvalue weighted by Gasteiger charge is -2.18. The average molecular weight is 332 g/mol. The van der Waals surface area contributed by atoms with Gasteiger partial charge in [0, 0.05) is 12.6 Å². The molecule has 2 aromatic carbocycles. The first-order chi connectivity index (χ1) is 11.5. The number of anilines is 1. The van der Waals surface area contributed by atoms with Gasteiger partial charge in [0.1, 0.15) is 23.4 Å². The summed E-state index contributed by atoms with van der Waals surface area (Å²) in [5, 5.41) is 5.91. The standard InChI is InChI=1S/C18H21FN2O3/c1-12(18(22)20-11-13-4-6-14(19)7-5-13)21-16-9-8-15(23-2)10-17(16)24-3/h4-10,12,21H,11H2,1-3H3,(H,20,22). The summed E-state index contributed by atoms with van der Waals surface area (Å²) >= 11 is 0. The molecule has 0 radical (unpaired) electrons. The maximum atomic E-state index is 12.9. The number of methoxy groups -OCH3 is 2. The quantitative estimate of drug-likeness (QED) is 0.818. The van der Waals surface area contributed by atoms with E-state index >= 15 is 0 Å². The van der Waals surface area contributed by atoms with Crippen LogP contribution in [0.1, 0.15) is 12.5 Å². The largest absolute Gasteiger partial charge is 0.497 e. The number of hydrogen-bond donors (Lipinski definition) is 2. The van der Waals surface area contributed by atoms with Crippen LogP contribution in [0.3, 0.4) is 0 Å². The second-order valence-electron chi connectivity index (χ2n) is 5.28. The van der Waals surface area contributed by atoms with Crippen LogP contribution in [0, 0.1) is 5.82 Å². The zero-order valence-corrected chi connectivity index (χ0v) is 13.9. The minimum absolute atomic E-state index is 0.169. The molecular formula is C18H21FN2O3. The number of hydrogen-bond acceptors (Lipinski definition) is 4. The van der Waals surface area contributed by atoms with E-state index in [1.807, 2.05) is 0 Å². The minimum Gasteiger partial charge on any atom is -0.497 e. The van der Waals surface area contributed by atoms with E-state index in [1.165, 1.54) is 12.1 Å². The Balaban J connectivity index is 1.94. The normalized spacial score (nSPS) is 11.5. The van der Waals surface area contributed by atoms with E-state index < -0.39 is 6.04 Å². The van der Waals surface area contributed by atoms with E-state index in [9.17, 15) is 9.18 Å². The summed E-state index contributed by atoms with van der Waals surface area (Å²) in [6.45, 7) is 2.09. The van der Waals surface area contributed by atoms with E-state index in [0.29, 0.717) is 23.7 Å². The Bertz CT molecular complexity index is 689. The molecule has 0 aromatic heterocycles. The molecule has 6 heteroatoms. The summed E-state index contributed by atoms with van der Waals surface area (Å²) in [7, 11) is 3.13. The third kappa shape index (κ3) is 4.62. The van der Waals surface area contributed by atoms with Gasteiger partial charge in [0.05, 0.1) is 19.9 Å². The van der Waals surface area contributed by atoms with Gasteiger partial charge in [-0.15, -0.1) is 0 Å². The van der Waals surface area contributed by atoms with Gasteiger partial charge in [0.15, 0.2) is 0 Å². The lowest BCUT2D eigenvalue weighted by atomic mass is 10.2. The molecule has 24 heavy (non-hydrogen) atoms. The molecular weight excluding hydrogens is 311 g/mol. The Morgan fingerprint density at radius 2 is 1.83 bits per heavy atom. The maximum absolute atomic E-state index is 12.9. The van der Waals surface area contributed by atoms with Crippen molar-refractivity contribution in [1.29, 1.82) is 0 Å².